The zero-order chi connectivity index (χ0) is 21.0. The number of carbonyl (C=O) groups excluding carboxylic acids is 3. The van der Waals surface area contributed by atoms with E-state index in [1.165, 1.54) is 23.5 Å². The van der Waals surface area contributed by atoms with E-state index in [0.717, 1.165) is 29.7 Å². The van der Waals surface area contributed by atoms with Crippen LogP contribution in [0.4, 0.5) is 5.00 Å². The summed E-state index contributed by atoms with van der Waals surface area (Å²) in [4.78, 5) is 37.1. The Kier molecular flexibility index (Phi) is 6.53. The second kappa shape index (κ2) is 9.09. The number of carbonyl (C=O) groups is 3. The van der Waals surface area contributed by atoms with Gasteiger partial charge in [0, 0.05) is 10.4 Å². The molecule has 8 heteroatoms. The van der Waals surface area contributed by atoms with Crippen LogP contribution < -0.4 is 15.8 Å². The van der Waals surface area contributed by atoms with E-state index in [1.54, 1.807) is 19.1 Å². The lowest BCUT2D eigenvalue weighted by atomic mass is 9.88. The summed E-state index contributed by atoms with van der Waals surface area (Å²) in [6.45, 7) is 3.99. The van der Waals surface area contributed by atoms with Gasteiger partial charge in [-0.25, -0.2) is 4.79 Å². The molecule has 0 radical (unpaired) electrons. The maximum absolute atomic E-state index is 12.5. The molecular weight excluding hydrogens is 392 g/mol. The molecule has 0 aliphatic heterocycles. The fourth-order valence-electron chi connectivity index (χ4n) is 3.29. The topological polar surface area (TPSA) is 108 Å². The number of benzene rings is 1. The third-order valence-electron chi connectivity index (χ3n) is 4.75. The van der Waals surface area contributed by atoms with Crippen LogP contribution in [-0.4, -0.2) is 31.0 Å². The predicted octanol–water partition coefficient (Wildman–Crippen LogP) is 3.17. The van der Waals surface area contributed by atoms with Gasteiger partial charge in [0.05, 0.1) is 12.2 Å². The first-order chi connectivity index (χ1) is 13.9. The molecule has 1 aliphatic carbocycles. The monoisotopic (exact) mass is 416 g/mol. The molecule has 2 aromatic rings. The van der Waals surface area contributed by atoms with Gasteiger partial charge in [-0.2, -0.15) is 0 Å². The minimum atomic E-state index is -0.531. The summed E-state index contributed by atoms with van der Waals surface area (Å²) < 4.78 is 10.7. The second-order valence-electron chi connectivity index (χ2n) is 7.00. The zero-order valence-electron chi connectivity index (χ0n) is 16.4. The summed E-state index contributed by atoms with van der Waals surface area (Å²) in [7, 11) is 0. The van der Waals surface area contributed by atoms with Gasteiger partial charge in [-0.3, -0.25) is 9.59 Å². The van der Waals surface area contributed by atoms with Gasteiger partial charge in [0.2, 0.25) is 5.91 Å². The number of ether oxygens (including phenoxy) is 2. The third kappa shape index (κ3) is 4.95. The van der Waals surface area contributed by atoms with Crippen LogP contribution in [0.5, 0.6) is 5.75 Å². The van der Waals surface area contributed by atoms with E-state index in [9.17, 15) is 14.4 Å². The Labute approximate surface area is 173 Å². The molecule has 3 rings (SSSR count). The minimum absolute atomic E-state index is 0.225. The molecule has 154 valence electrons. The van der Waals surface area contributed by atoms with Gasteiger partial charge in [0.15, 0.2) is 6.61 Å². The average Bonchev–Trinajstić information content (AvgIpc) is 3.03. The molecule has 1 aromatic heterocycles. The van der Waals surface area contributed by atoms with Crippen LogP contribution in [-0.2, 0) is 22.4 Å². The molecule has 2 amide bonds. The molecule has 0 spiro atoms. The van der Waals surface area contributed by atoms with Crippen LogP contribution in [0, 0.1) is 5.92 Å². The van der Waals surface area contributed by atoms with E-state index in [0.29, 0.717) is 27.8 Å². The summed E-state index contributed by atoms with van der Waals surface area (Å²) >= 11 is 1.44. The van der Waals surface area contributed by atoms with E-state index in [2.05, 4.69) is 12.2 Å². The van der Waals surface area contributed by atoms with Crippen molar-refractivity contribution in [2.24, 2.45) is 11.7 Å². The van der Waals surface area contributed by atoms with E-state index in [4.69, 9.17) is 15.2 Å². The van der Waals surface area contributed by atoms with Crippen LogP contribution >= 0.6 is 11.3 Å². The summed E-state index contributed by atoms with van der Waals surface area (Å²) in [6.07, 6.45) is 2.71. The number of amides is 2. The molecule has 0 bridgehead atoms. The first-order valence-corrected chi connectivity index (χ1v) is 10.3. The highest BCUT2D eigenvalue weighted by Crippen LogP contribution is 2.40. The Hall–Kier alpha value is -2.87. The zero-order valence-corrected chi connectivity index (χ0v) is 17.3. The van der Waals surface area contributed by atoms with E-state index >= 15 is 0 Å². The van der Waals surface area contributed by atoms with Gasteiger partial charge >= 0.3 is 5.97 Å². The quantitative estimate of drug-likeness (QED) is 0.674. The van der Waals surface area contributed by atoms with Crippen LogP contribution in [0.2, 0.25) is 0 Å². The van der Waals surface area contributed by atoms with Crippen molar-refractivity contribution in [1.82, 2.24) is 0 Å². The van der Waals surface area contributed by atoms with Crippen LogP contribution in [0.25, 0.3) is 0 Å². The Morgan fingerprint density at radius 1 is 1.24 bits per heavy atom. The molecule has 29 heavy (non-hydrogen) atoms. The number of hydrogen-bond donors (Lipinski definition) is 2. The number of nitrogens with two attached hydrogens (primary N) is 1. The molecule has 0 saturated heterocycles. The molecular formula is C21H24N2O5S. The average molecular weight is 416 g/mol. The number of primary amides is 1. The summed E-state index contributed by atoms with van der Waals surface area (Å²) in [6, 6.07) is 6.21. The van der Waals surface area contributed by atoms with Crippen molar-refractivity contribution in [2.45, 2.75) is 33.1 Å². The number of anilines is 1. The summed E-state index contributed by atoms with van der Waals surface area (Å²) in [5.74, 6) is -0.322. The maximum atomic E-state index is 12.5. The van der Waals surface area contributed by atoms with Gasteiger partial charge in [-0.15, -0.1) is 11.3 Å². The minimum Gasteiger partial charge on any atom is -0.484 e. The number of esters is 1. The van der Waals surface area contributed by atoms with Gasteiger partial charge < -0.3 is 20.5 Å². The van der Waals surface area contributed by atoms with E-state index in [1.807, 2.05) is 0 Å². The molecule has 7 nitrogen and oxygen atoms in total. The molecule has 1 atom stereocenters. The van der Waals surface area contributed by atoms with Gasteiger partial charge in [0.1, 0.15) is 10.8 Å². The Morgan fingerprint density at radius 2 is 1.97 bits per heavy atom. The van der Waals surface area contributed by atoms with Crippen molar-refractivity contribution in [2.75, 3.05) is 18.5 Å². The van der Waals surface area contributed by atoms with Crippen molar-refractivity contribution >= 4 is 34.1 Å². The standard InChI is InChI=1S/C21H24N2O5S/c1-3-27-21(26)18-15-9-4-12(2)10-16(15)29-20(18)23-17(24)11-28-14-7-5-13(6-8-14)19(22)25/h5-8,12H,3-4,9-11H2,1-2H3,(H2,22,25)(H,23,24)/t12-/m1/s1. The maximum Gasteiger partial charge on any atom is 0.341 e. The Bertz CT molecular complexity index is 920. The Morgan fingerprint density at radius 3 is 2.62 bits per heavy atom. The fourth-order valence-corrected chi connectivity index (χ4v) is 4.70. The molecule has 0 unspecified atom stereocenters. The van der Waals surface area contributed by atoms with Crippen LogP contribution in [0.15, 0.2) is 24.3 Å². The molecule has 1 aliphatic rings. The van der Waals surface area contributed by atoms with E-state index < -0.39 is 11.9 Å². The van der Waals surface area contributed by atoms with Crippen molar-refractivity contribution < 1.29 is 23.9 Å². The lowest BCUT2D eigenvalue weighted by Gasteiger charge is -2.18. The smallest absolute Gasteiger partial charge is 0.341 e. The first kappa shape index (κ1) is 20.9. The van der Waals surface area contributed by atoms with Gasteiger partial charge in [-0.1, -0.05) is 6.92 Å². The highest BCUT2D eigenvalue weighted by molar-refractivity contribution is 7.17. The largest absolute Gasteiger partial charge is 0.484 e. The molecule has 1 aromatic carbocycles. The van der Waals surface area contributed by atoms with Crippen molar-refractivity contribution in [1.29, 1.82) is 0 Å². The van der Waals surface area contributed by atoms with Gasteiger partial charge in [0.25, 0.3) is 5.91 Å². The molecule has 0 fully saturated rings. The number of hydrogen-bond acceptors (Lipinski definition) is 6. The molecule has 0 saturated carbocycles. The number of nitrogens with one attached hydrogen (secondary N) is 1. The summed E-state index contributed by atoms with van der Waals surface area (Å²) in [5, 5.41) is 3.32. The predicted molar refractivity (Wildman–Crippen MR) is 111 cm³/mol. The third-order valence-corrected chi connectivity index (χ3v) is 5.92. The highest BCUT2D eigenvalue weighted by atomic mass is 32.1. The first-order valence-electron chi connectivity index (χ1n) is 9.53. The number of fused-ring (bicyclic) bond motifs is 1. The van der Waals surface area contributed by atoms with Crippen molar-refractivity contribution in [3.05, 3.63) is 45.8 Å². The lowest BCUT2D eigenvalue weighted by molar-refractivity contribution is -0.118. The lowest BCUT2D eigenvalue weighted by Crippen LogP contribution is -2.21. The molecule has 3 N–H and O–H groups in total. The molecule has 1 heterocycles. The number of thiophene rings is 1. The van der Waals surface area contributed by atoms with Gasteiger partial charge in [-0.05, 0) is 61.9 Å². The SMILES string of the molecule is CCOC(=O)c1c(NC(=O)COc2ccc(C(N)=O)cc2)sc2c1CC[C@@H](C)C2. The van der Waals surface area contributed by atoms with Crippen LogP contribution in [0.3, 0.4) is 0 Å². The Balaban J connectivity index is 1.70. The van der Waals surface area contributed by atoms with E-state index in [-0.39, 0.29) is 19.1 Å². The second-order valence-corrected chi connectivity index (χ2v) is 8.11. The highest BCUT2D eigenvalue weighted by Gasteiger charge is 2.29. The normalized spacial score (nSPS) is 15.3. The van der Waals surface area contributed by atoms with Crippen molar-refractivity contribution in [3.8, 4) is 5.75 Å². The fraction of sp³-hybridized carbons (Fsp3) is 0.381. The summed E-state index contributed by atoms with van der Waals surface area (Å²) in [5.41, 5.74) is 7.02. The number of rotatable bonds is 7. The van der Waals surface area contributed by atoms with Crippen LogP contribution in [0.1, 0.15) is 51.4 Å². The van der Waals surface area contributed by atoms with Crippen molar-refractivity contribution in [3.63, 3.8) is 0 Å².